The zero-order chi connectivity index (χ0) is 13.0. The maximum Gasteiger partial charge on any atom is 0.330 e. The first kappa shape index (κ1) is 18.9. The number of urea groups is 1. The second-order valence-electron chi connectivity index (χ2n) is 2.58. The number of hydrogen-bond donors (Lipinski definition) is 4. The number of aliphatic carboxylic acids is 1. The highest BCUT2D eigenvalue weighted by atomic mass is 16.4. The third-order valence-corrected chi connectivity index (χ3v) is 0.737. The zero-order valence-electron chi connectivity index (χ0n) is 9.06. The van der Waals surface area contributed by atoms with Crippen molar-refractivity contribution < 1.29 is 14.7 Å². The normalized spacial score (nSPS) is 9.27. The van der Waals surface area contributed by atoms with Crippen molar-refractivity contribution in [1.29, 1.82) is 0 Å². The lowest BCUT2D eigenvalue weighted by molar-refractivity contribution is -0.132. The van der Waals surface area contributed by atoms with Gasteiger partial charge in [0.1, 0.15) is 0 Å². The van der Waals surface area contributed by atoms with Gasteiger partial charge in [-0.2, -0.15) is 0 Å². The molecule has 0 radical (unpaired) electrons. The van der Waals surface area contributed by atoms with Crippen LogP contribution in [0.1, 0.15) is 13.8 Å². The van der Waals surface area contributed by atoms with Crippen molar-refractivity contribution in [3.8, 4) is 0 Å². The number of hydrogen-bond acceptors (Lipinski definition) is 3. The van der Waals surface area contributed by atoms with Crippen LogP contribution in [0.25, 0.3) is 0 Å². The second-order valence-corrected chi connectivity index (χ2v) is 2.58. The molecule has 0 rings (SSSR count). The molecule has 0 aliphatic heterocycles. The number of carbonyl (C=O) groups excluding carboxylic acids is 1. The van der Waals surface area contributed by atoms with Gasteiger partial charge in [-0.05, 0) is 13.8 Å². The van der Waals surface area contributed by atoms with E-state index in [2.05, 4.69) is 24.6 Å². The highest BCUT2D eigenvalue weighted by molar-refractivity contribution is 5.84. The summed E-state index contributed by atoms with van der Waals surface area (Å²) in [6, 6.07) is -0.685. The Hall–Kier alpha value is -1.82. The fourth-order valence-electron chi connectivity index (χ4n) is 0. The molecule has 0 spiro atoms. The predicted molar refractivity (Wildman–Crippen MR) is 60.1 cm³/mol. The van der Waals surface area contributed by atoms with Gasteiger partial charge in [0.25, 0.3) is 0 Å². The van der Waals surface area contributed by atoms with Crippen molar-refractivity contribution in [1.82, 2.24) is 0 Å². The van der Waals surface area contributed by atoms with Crippen LogP contribution in [-0.4, -0.2) is 23.1 Å². The standard InChI is InChI=1S/C4H9N.C4H6O2.CH4N2O/c1-3-4(2)5;1-3(2)4(5)6;2-1(3)4/h3-4H,1,5H2,2H3;1H2,2H3,(H,5,6);(H4,2,3,4). The van der Waals surface area contributed by atoms with Crippen molar-refractivity contribution in [2.24, 2.45) is 17.2 Å². The van der Waals surface area contributed by atoms with Gasteiger partial charge in [-0.3, -0.25) is 0 Å². The molecule has 1 unspecified atom stereocenters. The molecule has 6 heteroatoms. The molecule has 0 fully saturated rings. The Morgan fingerprint density at radius 2 is 1.53 bits per heavy atom. The topological polar surface area (TPSA) is 132 Å². The fraction of sp³-hybridized carbons (Fsp3) is 0.333. The molecule has 0 aliphatic carbocycles. The van der Waals surface area contributed by atoms with E-state index in [4.69, 9.17) is 15.6 Å². The van der Waals surface area contributed by atoms with E-state index in [1.54, 1.807) is 6.08 Å². The summed E-state index contributed by atoms with van der Waals surface area (Å²) in [7, 11) is 0. The van der Waals surface area contributed by atoms with E-state index < -0.39 is 12.0 Å². The first-order valence-electron chi connectivity index (χ1n) is 3.97. The quantitative estimate of drug-likeness (QED) is 0.388. The van der Waals surface area contributed by atoms with Crippen molar-refractivity contribution in [3.05, 3.63) is 24.8 Å². The monoisotopic (exact) mass is 217 g/mol. The highest BCUT2D eigenvalue weighted by Crippen LogP contribution is 1.81. The van der Waals surface area contributed by atoms with Gasteiger partial charge in [0.2, 0.25) is 0 Å². The minimum atomic E-state index is -0.935. The Morgan fingerprint density at radius 3 is 1.53 bits per heavy atom. The Labute approximate surface area is 89.4 Å². The third-order valence-electron chi connectivity index (χ3n) is 0.737. The minimum Gasteiger partial charge on any atom is -0.478 e. The molecule has 0 aliphatic rings. The van der Waals surface area contributed by atoms with Crippen LogP contribution in [0.2, 0.25) is 0 Å². The number of carboxylic acids is 1. The van der Waals surface area contributed by atoms with Crippen LogP contribution in [0.3, 0.4) is 0 Å². The van der Waals surface area contributed by atoms with Gasteiger partial charge in [-0.15, -0.1) is 6.58 Å². The average molecular weight is 217 g/mol. The van der Waals surface area contributed by atoms with Crippen LogP contribution in [-0.2, 0) is 4.79 Å². The lowest BCUT2D eigenvalue weighted by atomic mass is 10.4. The van der Waals surface area contributed by atoms with E-state index >= 15 is 0 Å². The summed E-state index contributed by atoms with van der Waals surface area (Å²) >= 11 is 0. The molecule has 0 aromatic carbocycles. The van der Waals surface area contributed by atoms with E-state index in [1.165, 1.54) is 6.92 Å². The maximum atomic E-state index is 9.60. The Bertz CT molecular complexity index is 209. The van der Waals surface area contributed by atoms with Crippen LogP contribution in [0, 0.1) is 0 Å². The van der Waals surface area contributed by atoms with E-state index in [0.29, 0.717) is 0 Å². The SMILES string of the molecule is C=C(C)C(=O)O.C=CC(C)N.NC(N)=O. The van der Waals surface area contributed by atoms with Gasteiger partial charge >= 0.3 is 12.0 Å². The van der Waals surface area contributed by atoms with Crippen molar-refractivity contribution in [3.63, 3.8) is 0 Å². The number of nitrogens with two attached hydrogens (primary N) is 3. The zero-order valence-corrected chi connectivity index (χ0v) is 9.06. The number of carbonyl (C=O) groups is 2. The van der Waals surface area contributed by atoms with Gasteiger partial charge in [0.05, 0.1) is 0 Å². The van der Waals surface area contributed by atoms with E-state index in [9.17, 15) is 4.79 Å². The lowest BCUT2D eigenvalue weighted by Crippen LogP contribution is -2.18. The van der Waals surface area contributed by atoms with Gasteiger partial charge in [-0.25, -0.2) is 9.59 Å². The first-order valence-corrected chi connectivity index (χ1v) is 3.97. The maximum absolute atomic E-state index is 9.60. The number of carboxylic acid groups (broad SMARTS) is 1. The summed E-state index contributed by atoms with van der Waals surface area (Å²) in [5.74, 6) is -0.935. The summed E-state index contributed by atoms with van der Waals surface area (Å²) < 4.78 is 0. The van der Waals surface area contributed by atoms with E-state index in [-0.39, 0.29) is 11.6 Å². The molecule has 0 aromatic rings. The Balaban J connectivity index is -0.000000147. The smallest absolute Gasteiger partial charge is 0.330 e. The molecule has 88 valence electrons. The minimum absolute atomic E-state index is 0.148. The van der Waals surface area contributed by atoms with Gasteiger partial charge in [0, 0.05) is 11.6 Å². The van der Waals surface area contributed by atoms with Crippen LogP contribution in [0.4, 0.5) is 4.79 Å². The molecule has 7 N–H and O–H groups in total. The lowest BCUT2D eigenvalue weighted by Gasteiger charge is -1.85. The molecule has 0 aromatic heterocycles. The molecule has 15 heavy (non-hydrogen) atoms. The van der Waals surface area contributed by atoms with Crippen LogP contribution < -0.4 is 17.2 Å². The summed E-state index contributed by atoms with van der Waals surface area (Å²) in [5, 5.41) is 7.89. The van der Waals surface area contributed by atoms with Crippen LogP contribution in [0.15, 0.2) is 24.8 Å². The van der Waals surface area contributed by atoms with Crippen LogP contribution >= 0.6 is 0 Å². The molecular weight excluding hydrogens is 198 g/mol. The van der Waals surface area contributed by atoms with Gasteiger partial charge in [-0.1, -0.05) is 12.7 Å². The molecule has 6 nitrogen and oxygen atoms in total. The second kappa shape index (κ2) is 12.2. The van der Waals surface area contributed by atoms with Gasteiger partial charge in [0.15, 0.2) is 0 Å². The van der Waals surface area contributed by atoms with E-state index in [1.807, 2.05) is 6.92 Å². The molecule has 0 saturated carbocycles. The van der Waals surface area contributed by atoms with Crippen molar-refractivity contribution in [2.45, 2.75) is 19.9 Å². The molecule has 1 atom stereocenters. The number of amides is 2. The van der Waals surface area contributed by atoms with Crippen LogP contribution in [0.5, 0.6) is 0 Å². The molecule has 0 saturated heterocycles. The molecule has 0 heterocycles. The van der Waals surface area contributed by atoms with E-state index in [0.717, 1.165) is 0 Å². The predicted octanol–water partition coefficient (Wildman–Crippen LogP) is 0.191. The Morgan fingerprint density at radius 1 is 1.40 bits per heavy atom. The molecule has 0 bridgehead atoms. The number of primary amides is 2. The summed E-state index contributed by atoms with van der Waals surface area (Å²) in [6.45, 7) is 9.92. The van der Waals surface area contributed by atoms with Crippen molar-refractivity contribution >= 4 is 12.0 Å². The highest BCUT2D eigenvalue weighted by Gasteiger charge is 1.90. The van der Waals surface area contributed by atoms with Crippen molar-refractivity contribution in [2.75, 3.05) is 0 Å². The van der Waals surface area contributed by atoms with Gasteiger partial charge < -0.3 is 22.3 Å². The average Bonchev–Trinajstić information content (AvgIpc) is 2.04. The largest absolute Gasteiger partial charge is 0.478 e. The fourth-order valence-corrected chi connectivity index (χ4v) is 0. The molecular formula is C9H19N3O3. The molecule has 2 amide bonds. The number of rotatable bonds is 2. The summed E-state index contributed by atoms with van der Waals surface area (Å²) in [5.41, 5.74) is 13.8. The summed E-state index contributed by atoms with van der Waals surface area (Å²) in [4.78, 5) is 18.6. The third kappa shape index (κ3) is 72.2. The first-order chi connectivity index (χ1) is 6.64. The summed E-state index contributed by atoms with van der Waals surface area (Å²) in [6.07, 6.45) is 1.69. The Kier molecular flexibility index (Phi) is 15.3.